The quantitative estimate of drug-likeness (QED) is 0.614. The molecule has 0 bridgehead atoms. The van der Waals surface area contributed by atoms with E-state index in [-0.39, 0.29) is 17.4 Å². The van der Waals surface area contributed by atoms with Crippen LogP contribution in [0.2, 0.25) is 10.0 Å². The predicted molar refractivity (Wildman–Crippen MR) is 98.7 cm³/mol. The largest absolute Gasteiger partial charge is 0.362 e. The molecule has 8 heteroatoms. The van der Waals surface area contributed by atoms with Crippen molar-refractivity contribution in [3.63, 3.8) is 0 Å². The van der Waals surface area contributed by atoms with Crippen molar-refractivity contribution in [2.75, 3.05) is 6.54 Å². The standard InChI is InChI=1S/C18H17Cl2N3O3/c1-9-6-12(10(2)21-9)15(24)8-23-16(25)18(3,22-17(23)26)13-5-4-11(19)7-14(13)20/h4-7,21H,8H2,1-3H3,(H,22,26). The van der Waals surface area contributed by atoms with Crippen LogP contribution in [0, 0.1) is 13.8 Å². The molecule has 1 aliphatic rings. The van der Waals surface area contributed by atoms with Crippen molar-refractivity contribution >= 4 is 40.9 Å². The number of carbonyl (C=O) groups is 3. The number of benzene rings is 1. The number of ketones is 1. The van der Waals surface area contributed by atoms with Crippen LogP contribution in [-0.4, -0.2) is 34.2 Å². The fraction of sp³-hybridized carbons (Fsp3) is 0.278. The highest BCUT2D eigenvalue weighted by Gasteiger charge is 2.50. The molecule has 1 aromatic carbocycles. The summed E-state index contributed by atoms with van der Waals surface area (Å²) < 4.78 is 0. The lowest BCUT2D eigenvalue weighted by molar-refractivity contribution is -0.130. The van der Waals surface area contributed by atoms with E-state index in [1.165, 1.54) is 6.07 Å². The zero-order valence-electron chi connectivity index (χ0n) is 14.4. The maximum atomic E-state index is 12.9. The zero-order chi connectivity index (χ0) is 19.2. The van der Waals surface area contributed by atoms with E-state index >= 15 is 0 Å². The van der Waals surface area contributed by atoms with Gasteiger partial charge >= 0.3 is 6.03 Å². The summed E-state index contributed by atoms with van der Waals surface area (Å²) in [6.45, 7) is 4.81. The van der Waals surface area contributed by atoms with Crippen LogP contribution in [0.5, 0.6) is 0 Å². The van der Waals surface area contributed by atoms with Gasteiger partial charge in [-0.3, -0.25) is 14.5 Å². The van der Waals surface area contributed by atoms with Gasteiger partial charge in [-0.1, -0.05) is 29.3 Å². The summed E-state index contributed by atoms with van der Waals surface area (Å²) >= 11 is 12.1. The first-order valence-corrected chi connectivity index (χ1v) is 8.68. The number of aromatic nitrogens is 1. The molecular formula is C18H17Cl2N3O3. The third-order valence-corrected chi connectivity index (χ3v) is 5.04. The number of hydrogen-bond donors (Lipinski definition) is 2. The van der Waals surface area contributed by atoms with E-state index in [0.29, 0.717) is 21.8 Å². The molecule has 1 aliphatic heterocycles. The number of amides is 3. The fourth-order valence-electron chi connectivity index (χ4n) is 3.16. The molecule has 1 aromatic heterocycles. The smallest absolute Gasteiger partial charge is 0.325 e. The number of nitrogens with zero attached hydrogens (tertiary/aromatic N) is 1. The van der Waals surface area contributed by atoms with E-state index < -0.39 is 17.5 Å². The first-order chi connectivity index (χ1) is 12.1. The number of imide groups is 1. The number of nitrogens with one attached hydrogen (secondary N) is 2. The molecule has 1 unspecified atom stereocenters. The van der Waals surface area contributed by atoms with Gasteiger partial charge in [-0.2, -0.15) is 0 Å². The van der Waals surface area contributed by atoms with Crippen LogP contribution in [0.1, 0.15) is 34.2 Å². The van der Waals surface area contributed by atoms with Crippen LogP contribution in [0.3, 0.4) is 0 Å². The SMILES string of the molecule is Cc1cc(C(=O)CN2C(=O)NC(C)(c3ccc(Cl)cc3Cl)C2=O)c(C)[nH]1. The summed E-state index contributed by atoms with van der Waals surface area (Å²) in [7, 11) is 0. The first-order valence-electron chi connectivity index (χ1n) is 7.92. The van der Waals surface area contributed by atoms with E-state index in [1.807, 2.05) is 6.92 Å². The highest BCUT2D eigenvalue weighted by Crippen LogP contribution is 2.35. The van der Waals surface area contributed by atoms with Gasteiger partial charge in [0, 0.05) is 32.6 Å². The maximum Gasteiger partial charge on any atom is 0.325 e. The number of carbonyl (C=O) groups excluding carboxylic acids is 3. The van der Waals surface area contributed by atoms with Gasteiger partial charge in [-0.15, -0.1) is 0 Å². The highest BCUT2D eigenvalue weighted by atomic mass is 35.5. The Morgan fingerprint density at radius 3 is 2.46 bits per heavy atom. The molecule has 1 atom stereocenters. The Balaban J connectivity index is 1.89. The Kier molecular flexibility index (Phi) is 4.58. The van der Waals surface area contributed by atoms with Crippen LogP contribution in [0.4, 0.5) is 4.79 Å². The van der Waals surface area contributed by atoms with Crippen molar-refractivity contribution in [2.45, 2.75) is 26.3 Å². The lowest BCUT2D eigenvalue weighted by atomic mass is 9.92. The van der Waals surface area contributed by atoms with Crippen molar-refractivity contribution in [1.82, 2.24) is 15.2 Å². The topological polar surface area (TPSA) is 82.3 Å². The molecule has 0 saturated carbocycles. The Morgan fingerprint density at radius 1 is 1.19 bits per heavy atom. The summed E-state index contributed by atoms with van der Waals surface area (Å²) in [6.07, 6.45) is 0. The molecule has 136 valence electrons. The van der Waals surface area contributed by atoms with Gasteiger partial charge in [-0.05, 0) is 39.0 Å². The third-order valence-electron chi connectivity index (χ3n) is 4.50. The van der Waals surface area contributed by atoms with Crippen molar-refractivity contribution in [3.05, 3.63) is 56.8 Å². The normalized spacial score (nSPS) is 19.8. The first kappa shape index (κ1) is 18.5. The maximum absolute atomic E-state index is 12.9. The predicted octanol–water partition coefficient (Wildman–Crippen LogP) is 3.59. The molecule has 0 radical (unpaired) electrons. The molecular weight excluding hydrogens is 377 g/mol. The molecule has 3 rings (SSSR count). The minimum absolute atomic E-state index is 0.263. The molecule has 0 aliphatic carbocycles. The molecule has 6 nitrogen and oxygen atoms in total. The van der Waals surface area contributed by atoms with Gasteiger partial charge in [0.15, 0.2) is 5.78 Å². The molecule has 0 spiro atoms. The van der Waals surface area contributed by atoms with Crippen LogP contribution in [0.15, 0.2) is 24.3 Å². The Bertz CT molecular complexity index is 938. The molecule has 1 fully saturated rings. The van der Waals surface area contributed by atoms with Gasteiger partial charge in [-0.25, -0.2) is 4.79 Å². The van der Waals surface area contributed by atoms with Crippen molar-refractivity contribution in [3.8, 4) is 0 Å². The molecule has 1 saturated heterocycles. The van der Waals surface area contributed by atoms with E-state index in [2.05, 4.69) is 10.3 Å². The van der Waals surface area contributed by atoms with Crippen LogP contribution in [0.25, 0.3) is 0 Å². The van der Waals surface area contributed by atoms with Gasteiger partial charge in [0.1, 0.15) is 5.54 Å². The minimum Gasteiger partial charge on any atom is -0.362 e. The average molecular weight is 394 g/mol. The molecule has 2 N–H and O–H groups in total. The second kappa shape index (κ2) is 6.45. The van der Waals surface area contributed by atoms with E-state index in [0.717, 1.165) is 10.6 Å². The van der Waals surface area contributed by atoms with Gasteiger partial charge in [0.25, 0.3) is 5.91 Å². The summed E-state index contributed by atoms with van der Waals surface area (Å²) in [5.74, 6) is -0.855. The van der Waals surface area contributed by atoms with Crippen LogP contribution in [-0.2, 0) is 10.3 Å². The van der Waals surface area contributed by atoms with Crippen molar-refractivity contribution < 1.29 is 14.4 Å². The number of aryl methyl sites for hydroxylation is 2. The van der Waals surface area contributed by atoms with Gasteiger partial charge < -0.3 is 10.3 Å². The lowest BCUT2D eigenvalue weighted by Gasteiger charge is -2.23. The number of halogens is 2. The molecule has 2 heterocycles. The summed E-state index contributed by atoms with van der Waals surface area (Å²) in [5, 5.41) is 3.32. The van der Waals surface area contributed by atoms with Gasteiger partial charge in [0.05, 0.1) is 6.54 Å². The lowest BCUT2D eigenvalue weighted by Crippen LogP contribution is -2.41. The van der Waals surface area contributed by atoms with Crippen LogP contribution < -0.4 is 5.32 Å². The van der Waals surface area contributed by atoms with E-state index in [9.17, 15) is 14.4 Å². The number of Topliss-reactive ketones (excluding diaryl/α,β-unsaturated/α-hetero) is 1. The Hall–Kier alpha value is -2.31. The summed E-state index contributed by atoms with van der Waals surface area (Å²) in [5.41, 5.74) is 1.05. The van der Waals surface area contributed by atoms with E-state index in [1.54, 1.807) is 32.0 Å². The summed E-state index contributed by atoms with van der Waals surface area (Å²) in [6, 6.07) is 5.75. The molecule has 26 heavy (non-hydrogen) atoms. The second-order valence-corrected chi connectivity index (χ2v) is 7.33. The molecule has 2 aromatic rings. The van der Waals surface area contributed by atoms with Crippen molar-refractivity contribution in [1.29, 1.82) is 0 Å². The minimum atomic E-state index is -1.36. The third kappa shape index (κ3) is 2.99. The van der Waals surface area contributed by atoms with E-state index in [4.69, 9.17) is 23.2 Å². The van der Waals surface area contributed by atoms with Crippen LogP contribution >= 0.6 is 23.2 Å². The van der Waals surface area contributed by atoms with Crippen molar-refractivity contribution in [2.24, 2.45) is 0 Å². The Morgan fingerprint density at radius 2 is 1.88 bits per heavy atom. The number of H-pyrrole nitrogens is 1. The number of urea groups is 1. The second-order valence-electron chi connectivity index (χ2n) is 6.48. The zero-order valence-corrected chi connectivity index (χ0v) is 16.0. The van der Waals surface area contributed by atoms with Gasteiger partial charge in [0.2, 0.25) is 0 Å². The number of rotatable bonds is 4. The number of aromatic amines is 1. The highest BCUT2D eigenvalue weighted by molar-refractivity contribution is 6.35. The summed E-state index contributed by atoms with van der Waals surface area (Å²) in [4.78, 5) is 41.8. The average Bonchev–Trinajstić information content (AvgIpc) is 2.99. The monoisotopic (exact) mass is 393 g/mol. The molecule has 3 amide bonds. The number of hydrogen-bond acceptors (Lipinski definition) is 3. The fourth-order valence-corrected chi connectivity index (χ4v) is 3.76. The Labute approximate surface area is 160 Å².